The van der Waals surface area contributed by atoms with Crippen LogP contribution in [0, 0.1) is 0 Å². The van der Waals surface area contributed by atoms with Crippen molar-refractivity contribution in [2.24, 2.45) is 0 Å². The molecule has 1 aromatic rings. The second-order valence-corrected chi connectivity index (χ2v) is 9.33. The molecular weight excluding hydrogens is 308 g/mol. The van der Waals surface area contributed by atoms with Crippen LogP contribution in [0.2, 0.25) is 0 Å². The average molecular weight is 332 g/mol. The lowest BCUT2D eigenvalue weighted by molar-refractivity contribution is 0.00695. The minimum atomic E-state index is -0.726. The summed E-state index contributed by atoms with van der Waals surface area (Å²) in [5.41, 5.74) is 2.37. The summed E-state index contributed by atoms with van der Waals surface area (Å²) in [6.07, 6.45) is 6.24. The van der Waals surface area contributed by atoms with E-state index in [1.165, 1.54) is 12.0 Å². The van der Waals surface area contributed by atoms with Crippen LogP contribution in [0.25, 0.3) is 5.57 Å². The van der Waals surface area contributed by atoms with E-state index in [0.29, 0.717) is 5.56 Å². The Kier molecular flexibility index (Phi) is 4.45. The summed E-state index contributed by atoms with van der Waals surface area (Å²) < 4.78 is 17.8. The highest BCUT2D eigenvalue weighted by atomic mass is 32.2. The first-order valence-corrected chi connectivity index (χ1v) is 9.55. The van der Waals surface area contributed by atoms with Crippen LogP contribution in [0.5, 0.6) is 0 Å². The molecule has 3 rings (SSSR count). The number of hydrogen-bond acceptors (Lipinski definition) is 3. The molecule has 124 valence electrons. The number of fused-ring (bicyclic) bond motifs is 2. The molecule has 0 spiro atoms. The molecule has 1 fully saturated rings. The first-order valence-electron chi connectivity index (χ1n) is 8.27. The maximum Gasteiger partial charge on any atom is 0.338 e. The monoisotopic (exact) mass is 332 g/mol. The minimum absolute atomic E-state index is 0.183. The van der Waals surface area contributed by atoms with Crippen molar-refractivity contribution in [2.75, 3.05) is 0 Å². The fraction of sp³-hybridized carbons (Fsp3) is 0.526. The highest BCUT2D eigenvalue weighted by molar-refractivity contribution is 7.86. The van der Waals surface area contributed by atoms with Crippen molar-refractivity contribution in [3.8, 4) is 0 Å². The van der Waals surface area contributed by atoms with Gasteiger partial charge < -0.3 is 4.74 Å². The molecule has 0 aromatic heterocycles. The normalized spacial score (nSPS) is 27.3. The SMILES string of the molecule is CC(C)(C)OC(=O)c1cccc(C2=CC3CCCC(C2)S3=O)c1. The molecule has 2 heterocycles. The molecule has 2 aliphatic rings. The number of ether oxygens (including phenoxy) is 1. The second kappa shape index (κ2) is 6.23. The quantitative estimate of drug-likeness (QED) is 0.766. The van der Waals surface area contributed by atoms with E-state index in [0.717, 1.165) is 24.8 Å². The van der Waals surface area contributed by atoms with Crippen LogP contribution in [0.15, 0.2) is 30.3 Å². The lowest BCUT2D eigenvalue weighted by Crippen LogP contribution is -2.33. The molecule has 0 saturated carbocycles. The highest BCUT2D eigenvalue weighted by Gasteiger charge is 2.33. The minimum Gasteiger partial charge on any atom is -0.456 e. The third-order valence-corrected chi connectivity index (χ3v) is 6.37. The van der Waals surface area contributed by atoms with Gasteiger partial charge >= 0.3 is 5.97 Å². The fourth-order valence-electron chi connectivity index (χ4n) is 3.30. The van der Waals surface area contributed by atoms with Crippen LogP contribution < -0.4 is 0 Å². The van der Waals surface area contributed by atoms with Crippen molar-refractivity contribution >= 4 is 22.3 Å². The molecule has 23 heavy (non-hydrogen) atoms. The molecule has 0 radical (unpaired) electrons. The Balaban J connectivity index is 1.86. The second-order valence-electron chi connectivity index (χ2n) is 7.40. The summed E-state index contributed by atoms with van der Waals surface area (Å²) in [5.74, 6) is -0.292. The first-order chi connectivity index (χ1) is 10.8. The van der Waals surface area contributed by atoms with Gasteiger partial charge in [0.05, 0.1) is 10.8 Å². The summed E-state index contributed by atoms with van der Waals surface area (Å²) in [5, 5.41) is 0.460. The van der Waals surface area contributed by atoms with Crippen LogP contribution in [0.1, 0.15) is 62.4 Å². The Morgan fingerprint density at radius 2 is 2.04 bits per heavy atom. The van der Waals surface area contributed by atoms with E-state index < -0.39 is 16.4 Å². The van der Waals surface area contributed by atoms with Gasteiger partial charge in [0.25, 0.3) is 0 Å². The van der Waals surface area contributed by atoms with Gasteiger partial charge in [-0.15, -0.1) is 0 Å². The molecule has 3 unspecified atom stereocenters. The number of esters is 1. The topological polar surface area (TPSA) is 43.4 Å². The molecule has 1 saturated heterocycles. The van der Waals surface area contributed by atoms with E-state index in [9.17, 15) is 9.00 Å². The van der Waals surface area contributed by atoms with E-state index in [2.05, 4.69) is 6.08 Å². The van der Waals surface area contributed by atoms with Crippen LogP contribution in [0.4, 0.5) is 0 Å². The molecule has 3 nitrogen and oxygen atoms in total. The smallest absolute Gasteiger partial charge is 0.338 e. The van der Waals surface area contributed by atoms with Gasteiger partial charge in [0, 0.05) is 16.0 Å². The number of hydrogen-bond donors (Lipinski definition) is 0. The van der Waals surface area contributed by atoms with Gasteiger partial charge in [-0.3, -0.25) is 4.21 Å². The lowest BCUT2D eigenvalue weighted by Gasteiger charge is -2.33. The Morgan fingerprint density at radius 3 is 2.74 bits per heavy atom. The van der Waals surface area contributed by atoms with Crippen molar-refractivity contribution in [1.82, 2.24) is 0 Å². The standard InChI is InChI=1S/C19H24O3S/c1-19(2,3)22-18(20)14-7-4-6-13(10-14)15-11-16-8-5-9-17(12-15)23(16)21/h4,6-7,10-11,16-17H,5,8-9,12H2,1-3H3. The molecule has 0 N–H and O–H groups in total. The van der Waals surface area contributed by atoms with Crippen molar-refractivity contribution < 1.29 is 13.7 Å². The summed E-state index contributed by atoms with van der Waals surface area (Å²) in [7, 11) is -0.726. The zero-order valence-corrected chi connectivity index (χ0v) is 14.8. The predicted molar refractivity (Wildman–Crippen MR) is 93.8 cm³/mol. The van der Waals surface area contributed by atoms with Crippen molar-refractivity contribution in [3.05, 3.63) is 41.5 Å². The number of benzene rings is 1. The molecule has 3 atom stereocenters. The first kappa shape index (κ1) is 16.4. The highest BCUT2D eigenvalue weighted by Crippen LogP contribution is 2.37. The van der Waals surface area contributed by atoms with E-state index in [-0.39, 0.29) is 16.5 Å². The summed E-state index contributed by atoms with van der Waals surface area (Å²) in [6, 6.07) is 7.63. The van der Waals surface area contributed by atoms with Crippen LogP contribution in [-0.2, 0) is 15.5 Å². The van der Waals surface area contributed by atoms with Gasteiger partial charge in [0.1, 0.15) is 5.60 Å². The van der Waals surface area contributed by atoms with Crippen molar-refractivity contribution in [1.29, 1.82) is 0 Å². The van der Waals surface area contributed by atoms with Gasteiger partial charge in [-0.25, -0.2) is 4.79 Å². The Bertz CT molecular complexity index is 669. The molecule has 0 aliphatic carbocycles. The van der Waals surface area contributed by atoms with Gasteiger partial charge in [-0.05, 0) is 63.3 Å². The van der Waals surface area contributed by atoms with E-state index in [1.54, 1.807) is 6.07 Å². The zero-order chi connectivity index (χ0) is 16.6. The van der Waals surface area contributed by atoms with E-state index >= 15 is 0 Å². The van der Waals surface area contributed by atoms with Gasteiger partial charge in [-0.2, -0.15) is 0 Å². The Labute approximate surface area is 140 Å². The number of rotatable bonds is 2. The Morgan fingerprint density at radius 1 is 1.26 bits per heavy atom. The molecule has 4 heteroatoms. The summed E-state index contributed by atoms with van der Waals surface area (Å²) >= 11 is 0. The molecule has 0 amide bonds. The van der Waals surface area contributed by atoms with E-state index in [1.807, 2.05) is 39.0 Å². The maximum atomic E-state index is 12.3. The van der Waals surface area contributed by atoms with Gasteiger partial charge in [-0.1, -0.05) is 24.6 Å². The molecule has 2 bridgehead atoms. The summed E-state index contributed by atoms with van der Waals surface area (Å²) in [6.45, 7) is 5.61. The van der Waals surface area contributed by atoms with Crippen LogP contribution in [0.3, 0.4) is 0 Å². The Hall–Kier alpha value is -1.42. The summed E-state index contributed by atoms with van der Waals surface area (Å²) in [4.78, 5) is 12.3. The number of carbonyl (C=O) groups excluding carboxylic acids is 1. The molecule has 1 aromatic carbocycles. The third kappa shape index (κ3) is 3.74. The zero-order valence-electron chi connectivity index (χ0n) is 14.0. The maximum absolute atomic E-state index is 12.3. The number of allylic oxidation sites excluding steroid dienone is 1. The average Bonchev–Trinajstić information content (AvgIpc) is 2.45. The van der Waals surface area contributed by atoms with Crippen LogP contribution >= 0.6 is 0 Å². The van der Waals surface area contributed by atoms with E-state index in [4.69, 9.17) is 4.74 Å². The van der Waals surface area contributed by atoms with Crippen molar-refractivity contribution in [2.45, 2.75) is 62.6 Å². The third-order valence-electron chi connectivity index (χ3n) is 4.34. The molecule has 2 aliphatic heterocycles. The fourth-order valence-corrected chi connectivity index (χ4v) is 5.23. The van der Waals surface area contributed by atoms with Crippen molar-refractivity contribution in [3.63, 3.8) is 0 Å². The number of carbonyl (C=O) groups is 1. The van der Waals surface area contributed by atoms with Gasteiger partial charge in [0.2, 0.25) is 0 Å². The predicted octanol–water partition coefficient (Wildman–Crippen LogP) is 4.10. The van der Waals surface area contributed by atoms with Gasteiger partial charge in [0.15, 0.2) is 0 Å². The lowest BCUT2D eigenvalue weighted by atomic mass is 9.92. The van der Waals surface area contributed by atoms with Crippen LogP contribution in [-0.4, -0.2) is 26.3 Å². The largest absolute Gasteiger partial charge is 0.456 e. The molecular formula is C19H24O3S.